The van der Waals surface area contributed by atoms with Gasteiger partial charge in [0, 0.05) is 6.07 Å². The number of ether oxygens (including phenoxy) is 1. The maximum Gasteiger partial charge on any atom is 0.426 e. The smallest absolute Gasteiger partial charge is 0.426 e. The fraction of sp³-hybridized carbons (Fsp3) is 0.455. The maximum absolute atomic E-state index is 12.8. The van der Waals surface area contributed by atoms with Crippen LogP contribution in [0, 0.1) is 0 Å². The van der Waals surface area contributed by atoms with E-state index in [1.165, 1.54) is 13.0 Å². The normalized spacial score (nSPS) is 15.2. The minimum atomic E-state index is -4.61. The summed E-state index contributed by atoms with van der Waals surface area (Å²) in [6.45, 7) is 1.53. The van der Waals surface area contributed by atoms with Crippen molar-refractivity contribution in [3.05, 3.63) is 27.2 Å². The van der Waals surface area contributed by atoms with E-state index < -0.39 is 18.3 Å². The quantitative estimate of drug-likeness (QED) is 0.809. The number of alkyl halides is 3. The summed E-state index contributed by atoms with van der Waals surface area (Å²) in [6, 6.07) is 1.14. The van der Waals surface area contributed by atoms with E-state index in [0.29, 0.717) is 0 Å². The van der Waals surface area contributed by atoms with Gasteiger partial charge in [-0.1, -0.05) is 41.7 Å². The third-order valence-electron chi connectivity index (χ3n) is 2.41. The first-order chi connectivity index (χ1) is 8.66. The predicted octanol–water partition coefficient (Wildman–Crippen LogP) is 4.69. The number of halogens is 6. The lowest BCUT2D eigenvalue weighted by Gasteiger charge is -2.26. The first-order valence-electron chi connectivity index (χ1n) is 5.30. The summed E-state index contributed by atoms with van der Waals surface area (Å²) in [4.78, 5) is 0. The lowest BCUT2D eigenvalue weighted by atomic mass is 10.1. The Kier molecular flexibility index (Phi) is 5.62. The Balaban J connectivity index is 3.07. The third kappa shape index (κ3) is 4.31. The molecule has 0 bridgehead atoms. The molecule has 2 nitrogen and oxygen atoms in total. The van der Waals surface area contributed by atoms with Crippen molar-refractivity contribution in [3.8, 4) is 5.75 Å². The zero-order valence-electron chi connectivity index (χ0n) is 9.77. The molecular formula is C11H11Cl3F3NO. The van der Waals surface area contributed by atoms with Crippen molar-refractivity contribution in [1.82, 2.24) is 0 Å². The second-order valence-electron chi connectivity index (χ2n) is 3.85. The van der Waals surface area contributed by atoms with Crippen molar-refractivity contribution >= 4 is 34.8 Å². The van der Waals surface area contributed by atoms with E-state index in [-0.39, 0.29) is 27.2 Å². The van der Waals surface area contributed by atoms with Crippen LogP contribution in [-0.4, -0.2) is 18.3 Å². The van der Waals surface area contributed by atoms with Crippen LogP contribution < -0.4 is 10.5 Å². The van der Waals surface area contributed by atoms with Gasteiger partial charge in [0.15, 0.2) is 0 Å². The summed E-state index contributed by atoms with van der Waals surface area (Å²) in [5.41, 5.74) is 5.42. The van der Waals surface area contributed by atoms with E-state index in [4.69, 9.17) is 45.3 Å². The monoisotopic (exact) mass is 335 g/mol. The van der Waals surface area contributed by atoms with Crippen molar-refractivity contribution in [2.24, 2.45) is 5.73 Å². The van der Waals surface area contributed by atoms with Crippen LogP contribution in [0.15, 0.2) is 12.1 Å². The van der Waals surface area contributed by atoms with Crippen LogP contribution in [0.5, 0.6) is 5.75 Å². The molecule has 2 N–H and O–H groups in total. The summed E-state index contributed by atoms with van der Waals surface area (Å²) >= 11 is 17.2. The second kappa shape index (κ2) is 6.39. The molecule has 0 aromatic heterocycles. The van der Waals surface area contributed by atoms with Crippen molar-refractivity contribution in [1.29, 1.82) is 0 Å². The van der Waals surface area contributed by atoms with Crippen LogP contribution in [0.2, 0.25) is 15.1 Å². The van der Waals surface area contributed by atoms with Gasteiger partial charge in [0.05, 0.1) is 21.1 Å². The minimum absolute atomic E-state index is 0.0482. The van der Waals surface area contributed by atoms with Gasteiger partial charge in [0.2, 0.25) is 6.10 Å². The Morgan fingerprint density at radius 1 is 1.16 bits per heavy atom. The van der Waals surface area contributed by atoms with Crippen molar-refractivity contribution < 1.29 is 17.9 Å². The predicted molar refractivity (Wildman–Crippen MR) is 70.2 cm³/mol. The summed E-state index contributed by atoms with van der Waals surface area (Å²) < 4.78 is 43.4. The first kappa shape index (κ1) is 16.7. The Labute approximate surface area is 123 Å². The minimum Gasteiger partial charge on any atom is -0.478 e. The highest BCUT2D eigenvalue weighted by molar-refractivity contribution is 6.43. The molecule has 1 rings (SSSR count). The van der Waals surface area contributed by atoms with Crippen molar-refractivity contribution in [2.75, 3.05) is 0 Å². The molecule has 108 valence electrons. The van der Waals surface area contributed by atoms with Gasteiger partial charge in [-0.25, -0.2) is 0 Å². The van der Waals surface area contributed by atoms with E-state index in [0.717, 1.165) is 6.07 Å². The molecule has 1 aromatic rings. The van der Waals surface area contributed by atoms with E-state index >= 15 is 0 Å². The topological polar surface area (TPSA) is 35.2 Å². The summed E-state index contributed by atoms with van der Waals surface area (Å²) in [7, 11) is 0. The Morgan fingerprint density at radius 2 is 1.68 bits per heavy atom. The van der Waals surface area contributed by atoms with E-state index in [1.54, 1.807) is 0 Å². The Bertz CT molecular complexity index is 454. The van der Waals surface area contributed by atoms with Crippen LogP contribution in [0.4, 0.5) is 13.2 Å². The molecule has 0 aliphatic heterocycles. The molecule has 0 fully saturated rings. The molecule has 0 radical (unpaired) electrons. The molecule has 0 heterocycles. The molecule has 0 aliphatic rings. The molecule has 0 aliphatic carbocycles. The van der Waals surface area contributed by atoms with Gasteiger partial charge in [-0.3, -0.25) is 0 Å². The molecule has 8 heteroatoms. The zero-order chi connectivity index (χ0) is 14.8. The molecule has 0 saturated heterocycles. The summed E-state index contributed by atoms with van der Waals surface area (Å²) in [5, 5.41) is 0.112. The number of benzene rings is 1. The molecule has 0 amide bonds. The Hall–Kier alpha value is -0.360. The van der Waals surface area contributed by atoms with Crippen LogP contribution in [0.3, 0.4) is 0 Å². The van der Waals surface area contributed by atoms with E-state index in [2.05, 4.69) is 0 Å². The van der Waals surface area contributed by atoms with Gasteiger partial charge >= 0.3 is 6.18 Å². The first-order valence-corrected chi connectivity index (χ1v) is 6.43. The fourth-order valence-corrected chi connectivity index (χ4v) is 1.92. The lowest BCUT2D eigenvalue weighted by molar-refractivity contribution is -0.200. The lowest BCUT2D eigenvalue weighted by Crippen LogP contribution is -2.48. The molecule has 19 heavy (non-hydrogen) atoms. The highest BCUT2D eigenvalue weighted by Crippen LogP contribution is 2.36. The summed E-state index contributed by atoms with van der Waals surface area (Å²) in [6.07, 6.45) is -6.67. The molecule has 2 atom stereocenters. The second-order valence-corrected chi connectivity index (χ2v) is 5.07. The molecule has 0 saturated carbocycles. The standard InChI is InChI=1S/C11H11Cl3F3NO/c1-2-8(18)10(11(15,16)17)19-9-4-6(13)5(12)3-7(9)14/h3-4,8,10H,2,18H2,1H3. The third-order valence-corrected chi connectivity index (χ3v) is 3.43. The van der Waals surface area contributed by atoms with Crippen LogP contribution in [0.1, 0.15) is 13.3 Å². The van der Waals surface area contributed by atoms with E-state index in [1.807, 2.05) is 0 Å². The number of nitrogens with two attached hydrogens (primary N) is 1. The Morgan fingerprint density at radius 3 is 2.16 bits per heavy atom. The molecule has 0 spiro atoms. The van der Waals surface area contributed by atoms with Crippen LogP contribution in [0.25, 0.3) is 0 Å². The maximum atomic E-state index is 12.8. The molecular weight excluding hydrogens is 325 g/mol. The average Bonchev–Trinajstić information content (AvgIpc) is 2.29. The van der Waals surface area contributed by atoms with Gasteiger partial charge in [-0.15, -0.1) is 0 Å². The number of rotatable bonds is 4. The largest absolute Gasteiger partial charge is 0.478 e. The van der Waals surface area contributed by atoms with Gasteiger partial charge < -0.3 is 10.5 Å². The summed E-state index contributed by atoms with van der Waals surface area (Å²) in [5.74, 6) is -0.206. The van der Waals surface area contributed by atoms with Crippen molar-refractivity contribution in [3.63, 3.8) is 0 Å². The highest BCUT2D eigenvalue weighted by Gasteiger charge is 2.45. The van der Waals surface area contributed by atoms with Crippen molar-refractivity contribution in [2.45, 2.75) is 31.7 Å². The van der Waals surface area contributed by atoms with Crippen LogP contribution in [-0.2, 0) is 0 Å². The van der Waals surface area contributed by atoms with Gasteiger partial charge in [0.25, 0.3) is 0 Å². The fourth-order valence-electron chi connectivity index (χ4n) is 1.34. The number of hydrogen-bond acceptors (Lipinski definition) is 2. The molecule has 1 aromatic carbocycles. The van der Waals surface area contributed by atoms with Gasteiger partial charge in [-0.2, -0.15) is 13.2 Å². The zero-order valence-corrected chi connectivity index (χ0v) is 12.0. The van der Waals surface area contributed by atoms with Crippen LogP contribution >= 0.6 is 34.8 Å². The SMILES string of the molecule is CCC(N)C(Oc1cc(Cl)c(Cl)cc1Cl)C(F)(F)F. The number of hydrogen-bond donors (Lipinski definition) is 1. The van der Waals surface area contributed by atoms with Gasteiger partial charge in [0.1, 0.15) is 5.75 Å². The molecule has 2 unspecified atom stereocenters. The van der Waals surface area contributed by atoms with E-state index in [9.17, 15) is 13.2 Å². The average molecular weight is 337 g/mol. The highest BCUT2D eigenvalue weighted by atomic mass is 35.5. The van der Waals surface area contributed by atoms with Gasteiger partial charge in [-0.05, 0) is 12.5 Å².